The van der Waals surface area contributed by atoms with E-state index in [1.54, 1.807) is 0 Å². The van der Waals surface area contributed by atoms with E-state index in [9.17, 15) is 68.0 Å². The fourth-order valence-electron chi connectivity index (χ4n) is 9.78. The first-order chi connectivity index (χ1) is 56.8. The first-order valence-corrected chi connectivity index (χ1v) is 41.5. The molecule has 1 aliphatic rings. The molecule has 0 saturated carbocycles. The third-order valence-electron chi connectivity index (χ3n) is 16.8. The first-order valence-electron chi connectivity index (χ1n) is 33.9. The molecular formula is C75H71BBrF4N17O19P2S2. The number of carbonyl (C=O) groups is 4. The number of hydrogen-bond acceptors (Lipinski definition) is 35. The molecule has 11 rings (SSSR count). The average molecular weight is 1810 g/mol. The molecule has 0 aliphatic carbocycles. The SMILES string of the molecule is CC1(C)OB(c2cc(F)ccc2C#N)OC1(C)C.COC(=O)c1nc(-c2cc(F)ccc2C#N)cnc1N.COC(=O)c1nc(Br)cnc1N.COP(=O)(CS(=O)(=O)c1ccc(CC(=O)c2nc(-c3cc(F)ccc3C#N)cnc2N)cc1)OC.COP(=O)(CS(=O)(=O)c1ccc(N)cc1)OC.N#Cc1ccc(F)cc1-c1cnc(N)c(C(=O)O)n1. The molecule has 36 nitrogen and oxygen atoms in total. The Morgan fingerprint density at radius 2 is 0.802 bits per heavy atom. The molecule has 0 spiro atoms. The Kier molecular flexibility index (Phi) is 33.7. The molecule has 0 amide bonds. The molecule has 5 heterocycles. The number of esters is 2. The van der Waals surface area contributed by atoms with Gasteiger partial charge < -0.3 is 70.7 Å². The zero-order chi connectivity index (χ0) is 90.3. The lowest BCUT2D eigenvalue weighted by molar-refractivity contribution is 0.00578. The summed E-state index contributed by atoms with van der Waals surface area (Å²) in [4.78, 5) is 77.1. The first kappa shape index (κ1) is 96.9. The van der Waals surface area contributed by atoms with Crippen LogP contribution in [-0.2, 0) is 72.1 Å². The van der Waals surface area contributed by atoms with Gasteiger partial charge in [-0.3, -0.25) is 13.9 Å². The number of nitriles is 4. The molecule has 46 heteroatoms. The second-order valence-electron chi connectivity index (χ2n) is 25.3. The highest BCUT2D eigenvalue weighted by atomic mass is 79.9. The molecule has 1 saturated heterocycles. The normalized spacial score (nSPS) is 12.4. The summed E-state index contributed by atoms with van der Waals surface area (Å²) in [5.41, 5.74) is 27.4. The number of ether oxygens (including phenoxy) is 2. The molecule has 630 valence electrons. The van der Waals surface area contributed by atoms with Gasteiger partial charge in [-0.15, -0.1) is 0 Å². The summed E-state index contributed by atoms with van der Waals surface area (Å²) in [7, 11) is -8.93. The second-order valence-corrected chi connectivity index (χ2v) is 35.5. The lowest BCUT2D eigenvalue weighted by Crippen LogP contribution is -2.41. The number of halogens is 5. The number of benzene rings is 6. The highest BCUT2D eigenvalue weighted by molar-refractivity contribution is 9.10. The summed E-state index contributed by atoms with van der Waals surface area (Å²) in [5.74, 6) is -5.75. The smallest absolute Gasteiger partial charge is 0.476 e. The van der Waals surface area contributed by atoms with Crippen molar-refractivity contribution in [1.82, 2.24) is 39.9 Å². The minimum absolute atomic E-state index is 0.0203. The summed E-state index contributed by atoms with van der Waals surface area (Å²) in [5, 5.41) is 45.2. The lowest BCUT2D eigenvalue weighted by atomic mass is 9.76. The molecule has 6 aromatic carbocycles. The van der Waals surface area contributed by atoms with Gasteiger partial charge in [-0.05, 0) is 158 Å². The molecule has 1 aliphatic heterocycles. The number of carboxylic acids is 1. The van der Waals surface area contributed by atoms with E-state index in [1.165, 1.54) is 124 Å². The topological polar surface area (TPSA) is 593 Å². The number of carboxylic acid groups (broad SMARTS) is 1. The average Bonchev–Trinajstić information content (AvgIpc) is 1.62. The predicted octanol–water partition coefficient (Wildman–Crippen LogP) is 10.4. The molecular weight excluding hydrogens is 1740 g/mol. The van der Waals surface area contributed by atoms with Crippen LogP contribution in [0.15, 0.2) is 161 Å². The van der Waals surface area contributed by atoms with E-state index in [0.717, 1.165) is 64.8 Å². The van der Waals surface area contributed by atoms with Gasteiger partial charge in [-0.1, -0.05) is 12.1 Å². The highest BCUT2D eigenvalue weighted by Gasteiger charge is 2.52. The predicted molar refractivity (Wildman–Crippen MR) is 433 cm³/mol. The number of hydrogen-bond donors (Lipinski definition) is 6. The number of sulfone groups is 2. The third-order valence-corrected chi connectivity index (χ3v) is 26.7. The van der Waals surface area contributed by atoms with Crippen LogP contribution in [-0.4, -0.2) is 157 Å². The van der Waals surface area contributed by atoms with Crippen LogP contribution in [0.4, 0.5) is 46.5 Å². The van der Waals surface area contributed by atoms with Gasteiger partial charge in [-0.2, -0.15) is 21.0 Å². The van der Waals surface area contributed by atoms with Gasteiger partial charge in [0.15, 0.2) is 76.8 Å². The van der Waals surface area contributed by atoms with Crippen molar-refractivity contribution in [3.05, 3.63) is 225 Å². The molecule has 0 unspecified atom stereocenters. The molecule has 1 fully saturated rings. The van der Waals surface area contributed by atoms with Crippen molar-refractivity contribution in [3.8, 4) is 58.0 Å². The highest BCUT2D eigenvalue weighted by Crippen LogP contribution is 2.50. The van der Waals surface area contributed by atoms with Crippen molar-refractivity contribution in [2.24, 2.45) is 0 Å². The number of nitrogen functional groups attached to an aromatic ring is 5. The quantitative estimate of drug-likeness (QED) is 0.0103. The Hall–Kier alpha value is -12.9. The number of carbonyl (C=O) groups excluding carboxylic acids is 3. The molecule has 4 aromatic heterocycles. The van der Waals surface area contributed by atoms with Gasteiger partial charge >= 0.3 is 40.2 Å². The van der Waals surface area contributed by atoms with Crippen molar-refractivity contribution in [3.63, 3.8) is 0 Å². The van der Waals surface area contributed by atoms with Gasteiger partial charge in [0.1, 0.15) is 33.6 Å². The molecule has 121 heavy (non-hydrogen) atoms. The number of anilines is 5. The van der Waals surface area contributed by atoms with Gasteiger partial charge in [0.25, 0.3) is 0 Å². The van der Waals surface area contributed by atoms with Crippen LogP contribution in [0.2, 0.25) is 0 Å². The van der Waals surface area contributed by atoms with E-state index in [0.29, 0.717) is 26.9 Å². The van der Waals surface area contributed by atoms with E-state index in [1.807, 2.05) is 52.0 Å². The Morgan fingerprint density at radius 3 is 1.17 bits per heavy atom. The standard InChI is InChI=1S/C22H20FN4O6PS.C13H15BFNO2.C13H9FN4O2.C12H7FN4O2.C9H14NO5PS.C6H6BrN3O2/c1-32-34(29,33-2)13-35(30,31)17-7-3-14(4-8-17)9-20(28)21-22(25)26-12-19(27-21)18-10-16(23)6-5-15(18)11-24;1-12(2)13(3,4)18-14(17-12)11-7-10(15)6-5-9(11)8-16;1-20-13(19)11-12(16)17-6-10(18-11)9-4-8(14)3-2-7(9)5-15;13-7-2-1-6(4-14)8(3-7)9-5-16-11(15)10(17-9)12(18)19;1-14-16(11,15-2)7-17(12,13)9-5-3-8(10)4-6-9;1-12-6(11)4-5(8)9-2-3(7)10-4/h3-8,10,12H,9,13H2,1-2H3,(H2,25,26);5-7H,1-4H3;2-4,6H,1H3,(H2,16,17);1-3,5H,(H2,15,16)(H,18,19);3-6H,7,10H2,1-2H3;2H,1H3,(H2,8,9). The number of Topliss-reactive ketones (excluding diaryl/α,β-unsaturated/α-hetero) is 1. The van der Waals surface area contributed by atoms with E-state index >= 15 is 0 Å². The number of methoxy groups -OCH3 is 2. The Bertz CT molecular complexity index is 6060. The fraction of sp³-hybridized carbons (Fsp3) is 0.200. The van der Waals surface area contributed by atoms with Crippen LogP contribution < -0.4 is 34.1 Å². The molecule has 0 atom stereocenters. The summed E-state index contributed by atoms with van der Waals surface area (Å²) in [6.07, 6.45) is 4.90. The van der Waals surface area contributed by atoms with Gasteiger partial charge in [0.05, 0.1) is 124 Å². The molecule has 0 radical (unpaired) electrons. The summed E-state index contributed by atoms with van der Waals surface area (Å²) in [6.45, 7) is 7.66. The van der Waals surface area contributed by atoms with Crippen molar-refractivity contribution >= 4 is 116 Å². The van der Waals surface area contributed by atoms with Gasteiger partial charge in [0, 0.05) is 62.7 Å². The maximum Gasteiger partial charge on any atom is 0.496 e. The lowest BCUT2D eigenvalue weighted by Gasteiger charge is -2.32. The minimum Gasteiger partial charge on any atom is -0.476 e. The van der Waals surface area contributed by atoms with E-state index in [2.05, 4.69) is 83.4 Å². The van der Waals surface area contributed by atoms with E-state index in [-0.39, 0.29) is 107 Å². The van der Waals surface area contributed by atoms with Crippen molar-refractivity contribution in [2.45, 2.75) is 55.1 Å². The van der Waals surface area contributed by atoms with Gasteiger partial charge in [-0.25, -0.2) is 88.7 Å². The monoisotopic (exact) mass is 1810 g/mol. The Morgan fingerprint density at radius 1 is 0.479 bits per heavy atom. The summed E-state index contributed by atoms with van der Waals surface area (Å²) in [6, 6.07) is 33.4. The number of aromatic carboxylic acids is 1. The van der Waals surface area contributed by atoms with Crippen LogP contribution in [0, 0.1) is 68.6 Å². The number of aromatic nitrogens is 8. The fourth-order valence-corrected chi connectivity index (χ4v) is 17.7. The van der Waals surface area contributed by atoms with E-state index in [4.69, 9.17) is 58.9 Å². The number of nitrogens with two attached hydrogens (primary N) is 5. The largest absolute Gasteiger partial charge is 0.496 e. The Labute approximate surface area is 697 Å². The van der Waals surface area contributed by atoms with Crippen LogP contribution in [0.25, 0.3) is 33.8 Å². The maximum absolute atomic E-state index is 13.7. The van der Waals surface area contributed by atoms with Crippen LogP contribution in [0.1, 0.15) is 97.5 Å². The van der Waals surface area contributed by atoms with Crippen LogP contribution >= 0.6 is 31.1 Å². The van der Waals surface area contributed by atoms with Crippen molar-refractivity contribution in [2.75, 3.05) is 82.3 Å². The summed E-state index contributed by atoms with van der Waals surface area (Å²) < 4.78 is 166. The Balaban J connectivity index is 0.000000233. The van der Waals surface area contributed by atoms with Crippen molar-refractivity contribution in [1.29, 1.82) is 21.0 Å². The third kappa shape index (κ3) is 25.8. The maximum atomic E-state index is 13.7. The molecule has 10 aromatic rings. The molecule has 11 N–H and O–H groups in total. The number of ketones is 1. The van der Waals surface area contributed by atoms with Crippen molar-refractivity contribution < 1.29 is 105 Å². The van der Waals surface area contributed by atoms with Crippen LogP contribution in [0.3, 0.4) is 0 Å². The number of nitrogens with zero attached hydrogens (tertiary/aromatic N) is 12. The second kappa shape index (κ2) is 42.1. The zero-order valence-electron chi connectivity index (χ0n) is 65.2. The van der Waals surface area contributed by atoms with E-state index < -0.39 is 117 Å². The minimum atomic E-state index is -3.99. The number of rotatable bonds is 20. The zero-order valence-corrected chi connectivity index (χ0v) is 70.2. The van der Waals surface area contributed by atoms with Crippen LogP contribution in [0.5, 0.6) is 0 Å². The van der Waals surface area contributed by atoms with Gasteiger partial charge in [0.2, 0.25) is 0 Å². The summed E-state index contributed by atoms with van der Waals surface area (Å²) >= 11 is 3.06. The molecule has 0 bridgehead atoms.